The van der Waals surface area contributed by atoms with Crippen LogP contribution in [0, 0.1) is 0 Å². The Morgan fingerprint density at radius 2 is 1.61 bits per heavy atom. The van der Waals surface area contributed by atoms with Crippen molar-refractivity contribution in [1.29, 1.82) is 0 Å². The van der Waals surface area contributed by atoms with Gasteiger partial charge in [-0.3, -0.25) is 14.5 Å². The smallest absolute Gasteiger partial charge is 0.338 e. The summed E-state index contributed by atoms with van der Waals surface area (Å²) in [5.41, 5.74) is 0.705. The Balaban J connectivity index is 1.39. The fourth-order valence-corrected chi connectivity index (χ4v) is 4.93. The number of sulfonamides is 1. The van der Waals surface area contributed by atoms with Crippen molar-refractivity contribution in [2.24, 2.45) is 0 Å². The number of amides is 2. The Labute approximate surface area is 179 Å². The summed E-state index contributed by atoms with van der Waals surface area (Å²) in [5, 5.41) is 0. The van der Waals surface area contributed by atoms with Crippen LogP contribution in [0.1, 0.15) is 31.1 Å². The van der Waals surface area contributed by atoms with E-state index in [9.17, 15) is 22.8 Å². The molecule has 1 fully saturated rings. The number of imide groups is 1. The van der Waals surface area contributed by atoms with Crippen molar-refractivity contribution in [3.8, 4) is 0 Å². The highest BCUT2D eigenvalue weighted by Crippen LogP contribution is 2.22. The molecule has 0 spiro atoms. The predicted molar refractivity (Wildman–Crippen MR) is 108 cm³/mol. The van der Waals surface area contributed by atoms with Crippen LogP contribution in [0.3, 0.4) is 0 Å². The number of morpholine rings is 1. The molecular weight excluding hydrogens is 424 g/mol. The van der Waals surface area contributed by atoms with Crippen LogP contribution in [-0.4, -0.2) is 74.9 Å². The van der Waals surface area contributed by atoms with E-state index in [1.54, 1.807) is 24.3 Å². The van der Waals surface area contributed by atoms with Crippen molar-refractivity contribution in [2.45, 2.75) is 4.90 Å². The largest absolute Gasteiger partial charge is 0.460 e. The van der Waals surface area contributed by atoms with Crippen LogP contribution >= 0.6 is 0 Å². The van der Waals surface area contributed by atoms with Gasteiger partial charge in [0, 0.05) is 13.1 Å². The van der Waals surface area contributed by atoms with Gasteiger partial charge in [0.15, 0.2) is 0 Å². The molecule has 9 nitrogen and oxygen atoms in total. The van der Waals surface area contributed by atoms with Crippen LogP contribution < -0.4 is 0 Å². The van der Waals surface area contributed by atoms with Crippen molar-refractivity contribution < 1.29 is 32.3 Å². The second kappa shape index (κ2) is 8.58. The fourth-order valence-electron chi connectivity index (χ4n) is 3.47. The zero-order valence-electron chi connectivity index (χ0n) is 16.5. The molecular formula is C21H20N2O7S. The van der Waals surface area contributed by atoms with Crippen molar-refractivity contribution in [2.75, 3.05) is 39.5 Å². The van der Waals surface area contributed by atoms with Gasteiger partial charge in [0.05, 0.1) is 41.3 Å². The van der Waals surface area contributed by atoms with Crippen molar-refractivity contribution in [1.82, 2.24) is 9.21 Å². The molecule has 1 saturated heterocycles. The minimum absolute atomic E-state index is 0.0100. The minimum atomic E-state index is -3.75. The van der Waals surface area contributed by atoms with Gasteiger partial charge in [0.25, 0.3) is 11.8 Å². The van der Waals surface area contributed by atoms with Crippen LogP contribution in [0.5, 0.6) is 0 Å². The number of fused-ring (bicyclic) bond motifs is 1. The van der Waals surface area contributed by atoms with E-state index in [-0.39, 0.29) is 36.7 Å². The summed E-state index contributed by atoms with van der Waals surface area (Å²) in [7, 11) is -3.75. The number of benzene rings is 2. The maximum absolute atomic E-state index is 12.8. The summed E-state index contributed by atoms with van der Waals surface area (Å²) in [6, 6.07) is 12.1. The average Bonchev–Trinajstić information content (AvgIpc) is 3.04. The van der Waals surface area contributed by atoms with E-state index in [2.05, 4.69) is 0 Å². The third-order valence-corrected chi connectivity index (χ3v) is 7.00. The first-order chi connectivity index (χ1) is 14.9. The summed E-state index contributed by atoms with van der Waals surface area (Å²) in [4.78, 5) is 38.1. The van der Waals surface area contributed by atoms with Gasteiger partial charge in [-0.1, -0.05) is 18.2 Å². The Bertz CT molecular complexity index is 1100. The second-order valence-electron chi connectivity index (χ2n) is 6.99. The van der Waals surface area contributed by atoms with Gasteiger partial charge < -0.3 is 9.47 Å². The summed E-state index contributed by atoms with van der Waals surface area (Å²) in [6.07, 6.45) is 0. The number of carbonyl (C=O) groups is 3. The topological polar surface area (TPSA) is 110 Å². The molecule has 31 heavy (non-hydrogen) atoms. The summed E-state index contributed by atoms with van der Waals surface area (Å²) < 4.78 is 37.2. The van der Waals surface area contributed by atoms with Gasteiger partial charge in [-0.15, -0.1) is 0 Å². The lowest BCUT2D eigenvalue weighted by atomic mass is 10.1. The molecule has 0 saturated carbocycles. The second-order valence-corrected chi connectivity index (χ2v) is 8.93. The van der Waals surface area contributed by atoms with Crippen LogP contribution in [0.15, 0.2) is 53.4 Å². The zero-order valence-corrected chi connectivity index (χ0v) is 17.3. The van der Waals surface area contributed by atoms with E-state index < -0.39 is 27.8 Å². The molecule has 4 rings (SSSR count). The molecule has 2 aromatic carbocycles. The number of hydrogen-bond acceptors (Lipinski definition) is 7. The van der Waals surface area contributed by atoms with Crippen LogP contribution in [0.4, 0.5) is 0 Å². The molecule has 2 aromatic rings. The lowest BCUT2D eigenvalue weighted by Crippen LogP contribution is -2.40. The Kier molecular flexibility index (Phi) is 5.86. The SMILES string of the molecule is O=C(OCCN1C(=O)c2ccccc2C1=O)c1cccc(S(=O)(=O)N2CCOCC2)c1. The lowest BCUT2D eigenvalue weighted by molar-refractivity contribution is 0.0420. The Morgan fingerprint density at radius 3 is 2.26 bits per heavy atom. The number of ether oxygens (including phenoxy) is 2. The van der Waals surface area contributed by atoms with Gasteiger partial charge in [-0.25, -0.2) is 13.2 Å². The number of nitrogens with zero attached hydrogens (tertiary/aromatic N) is 2. The molecule has 2 aliphatic heterocycles. The van der Waals surface area contributed by atoms with Crippen LogP contribution in [-0.2, 0) is 19.5 Å². The molecule has 0 bridgehead atoms. The Hall–Kier alpha value is -3.08. The predicted octanol–water partition coefficient (Wildman–Crippen LogP) is 1.16. The summed E-state index contributed by atoms with van der Waals surface area (Å²) >= 11 is 0. The first-order valence-corrected chi connectivity index (χ1v) is 11.1. The highest BCUT2D eigenvalue weighted by atomic mass is 32.2. The number of carbonyl (C=O) groups excluding carboxylic acids is 3. The number of hydrogen-bond donors (Lipinski definition) is 0. The number of esters is 1. The molecule has 162 valence electrons. The standard InChI is InChI=1S/C21H20N2O7S/c24-19-17-6-1-2-7-18(17)20(25)23(19)10-13-30-21(26)15-4-3-5-16(14-15)31(27,28)22-8-11-29-12-9-22/h1-7,14H,8-13H2. The average molecular weight is 444 g/mol. The molecule has 0 N–H and O–H groups in total. The molecule has 0 atom stereocenters. The molecule has 0 aliphatic carbocycles. The van der Waals surface area contributed by atoms with Gasteiger partial charge >= 0.3 is 5.97 Å². The Morgan fingerprint density at radius 1 is 0.968 bits per heavy atom. The summed E-state index contributed by atoms with van der Waals surface area (Å²) in [6.45, 7) is 0.834. The quantitative estimate of drug-likeness (QED) is 0.486. The number of rotatable bonds is 6. The van der Waals surface area contributed by atoms with E-state index in [4.69, 9.17) is 9.47 Å². The van der Waals surface area contributed by atoms with Crippen molar-refractivity contribution >= 4 is 27.8 Å². The third kappa shape index (κ3) is 4.09. The first-order valence-electron chi connectivity index (χ1n) is 9.70. The van der Waals surface area contributed by atoms with Crippen molar-refractivity contribution in [3.05, 3.63) is 65.2 Å². The minimum Gasteiger partial charge on any atom is -0.460 e. The summed E-state index contributed by atoms with van der Waals surface area (Å²) in [5.74, 6) is -1.61. The van der Waals surface area contributed by atoms with Gasteiger partial charge in [-0.2, -0.15) is 4.31 Å². The fraction of sp³-hybridized carbons (Fsp3) is 0.286. The van der Waals surface area contributed by atoms with Crippen LogP contribution in [0.2, 0.25) is 0 Å². The van der Waals surface area contributed by atoms with Gasteiger partial charge in [0.1, 0.15) is 6.61 Å². The molecule has 2 aliphatic rings. The molecule has 10 heteroatoms. The van der Waals surface area contributed by atoms with Crippen LogP contribution in [0.25, 0.3) is 0 Å². The van der Waals surface area contributed by atoms with E-state index in [1.807, 2.05) is 0 Å². The maximum atomic E-state index is 12.8. The third-order valence-electron chi connectivity index (χ3n) is 5.10. The van der Waals surface area contributed by atoms with E-state index in [0.29, 0.717) is 24.3 Å². The van der Waals surface area contributed by atoms with E-state index in [0.717, 1.165) is 4.90 Å². The van der Waals surface area contributed by atoms with E-state index in [1.165, 1.54) is 28.6 Å². The molecule has 2 amide bonds. The van der Waals surface area contributed by atoms with Crippen molar-refractivity contribution in [3.63, 3.8) is 0 Å². The molecule has 0 unspecified atom stereocenters. The lowest BCUT2D eigenvalue weighted by Gasteiger charge is -2.26. The molecule has 0 radical (unpaired) electrons. The monoisotopic (exact) mass is 444 g/mol. The molecule has 0 aromatic heterocycles. The maximum Gasteiger partial charge on any atom is 0.338 e. The normalized spacial score (nSPS) is 17.0. The molecule has 2 heterocycles. The van der Waals surface area contributed by atoms with E-state index >= 15 is 0 Å². The first kappa shape index (κ1) is 21.2. The van der Waals surface area contributed by atoms with Gasteiger partial charge in [0.2, 0.25) is 10.0 Å². The zero-order chi connectivity index (χ0) is 22.0. The van der Waals surface area contributed by atoms with Gasteiger partial charge in [-0.05, 0) is 30.3 Å². The highest BCUT2D eigenvalue weighted by molar-refractivity contribution is 7.89. The highest BCUT2D eigenvalue weighted by Gasteiger charge is 2.35.